The minimum Gasteiger partial charge on any atom is -0.493 e. The third-order valence-corrected chi connectivity index (χ3v) is 7.96. The van der Waals surface area contributed by atoms with Crippen LogP contribution in [0.15, 0.2) is 139 Å². The van der Waals surface area contributed by atoms with Crippen molar-refractivity contribution in [1.29, 1.82) is 0 Å². The van der Waals surface area contributed by atoms with Gasteiger partial charge in [-0.2, -0.15) is 5.10 Å². The van der Waals surface area contributed by atoms with Crippen LogP contribution in [0.25, 0.3) is 28.2 Å². The molecule has 6 rings (SSSR count). The zero-order valence-electron chi connectivity index (χ0n) is 24.9. The summed E-state index contributed by atoms with van der Waals surface area (Å²) in [5.74, 6) is 0.739. The van der Waals surface area contributed by atoms with Crippen molar-refractivity contribution in [1.82, 2.24) is 9.99 Å². The maximum Gasteiger partial charge on any atom is 0.271 e. The number of amides is 1. The summed E-state index contributed by atoms with van der Waals surface area (Å²) < 4.78 is 13.6. The third kappa shape index (κ3) is 6.99. The Morgan fingerprint density at radius 2 is 1.41 bits per heavy atom. The fourth-order valence-electron chi connectivity index (χ4n) is 5.05. The fraction of sp³-hybridized carbons (Fsp3) is 0.0526. The molecule has 0 aliphatic carbocycles. The van der Waals surface area contributed by atoms with Gasteiger partial charge in [-0.3, -0.25) is 4.79 Å². The number of hydrazone groups is 1. The van der Waals surface area contributed by atoms with E-state index in [1.807, 2.05) is 60.7 Å². The summed E-state index contributed by atoms with van der Waals surface area (Å²) in [4.78, 5) is 13.0. The number of aromatic nitrogens is 1. The molecule has 0 saturated carbocycles. The Morgan fingerprint density at radius 1 is 0.761 bits per heavy atom. The van der Waals surface area contributed by atoms with Crippen LogP contribution in [-0.2, 0) is 6.61 Å². The Morgan fingerprint density at radius 3 is 2.02 bits per heavy atom. The Labute approximate surface area is 277 Å². The highest BCUT2D eigenvalue weighted by molar-refractivity contribution is 6.35. The van der Waals surface area contributed by atoms with Gasteiger partial charge in [0.05, 0.1) is 24.7 Å². The maximum atomic E-state index is 13.0. The molecule has 0 aliphatic heterocycles. The van der Waals surface area contributed by atoms with E-state index in [2.05, 4.69) is 51.5 Å². The molecule has 1 amide bonds. The number of methoxy groups -OCH3 is 1. The molecule has 0 unspecified atom stereocenters. The second-order valence-electron chi connectivity index (χ2n) is 10.4. The monoisotopic (exact) mass is 645 g/mol. The Bertz CT molecular complexity index is 1930. The van der Waals surface area contributed by atoms with E-state index >= 15 is 0 Å². The van der Waals surface area contributed by atoms with Crippen molar-refractivity contribution in [3.05, 3.63) is 160 Å². The van der Waals surface area contributed by atoms with E-state index in [0.29, 0.717) is 27.1 Å². The minimum absolute atomic E-state index is 0.250. The quantitative estimate of drug-likeness (QED) is 0.119. The fourth-order valence-corrected chi connectivity index (χ4v) is 5.52. The summed E-state index contributed by atoms with van der Waals surface area (Å²) in [6.07, 6.45) is 1.55. The topological polar surface area (TPSA) is 64.8 Å². The first-order valence-corrected chi connectivity index (χ1v) is 15.3. The molecule has 0 atom stereocenters. The molecule has 8 heteroatoms. The number of hydrogen-bond acceptors (Lipinski definition) is 4. The average Bonchev–Trinajstić information content (AvgIpc) is 3.54. The van der Waals surface area contributed by atoms with Crippen molar-refractivity contribution in [3.8, 4) is 39.7 Å². The van der Waals surface area contributed by atoms with Crippen LogP contribution in [0.2, 0.25) is 10.0 Å². The van der Waals surface area contributed by atoms with Gasteiger partial charge in [0.15, 0.2) is 11.5 Å². The molecule has 6 nitrogen and oxygen atoms in total. The van der Waals surface area contributed by atoms with Crippen LogP contribution in [0.5, 0.6) is 11.5 Å². The summed E-state index contributed by atoms with van der Waals surface area (Å²) in [5, 5.41) is 5.25. The molecule has 0 radical (unpaired) electrons. The number of nitrogens with zero attached hydrogens (tertiary/aromatic N) is 2. The van der Waals surface area contributed by atoms with Gasteiger partial charge in [0.25, 0.3) is 5.91 Å². The summed E-state index contributed by atoms with van der Waals surface area (Å²) in [7, 11) is 1.56. The van der Waals surface area contributed by atoms with Crippen molar-refractivity contribution in [3.63, 3.8) is 0 Å². The third-order valence-electron chi connectivity index (χ3n) is 7.37. The predicted molar refractivity (Wildman–Crippen MR) is 185 cm³/mol. The van der Waals surface area contributed by atoms with Gasteiger partial charge >= 0.3 is 0 Å². The van der Waals surface area contributed by atoms with Crippen LogP contribution in [0.3, 0.4) is 0 Å². The average molecular weight is 647 g/mol. The van der Waals surface area contributed by atoms with E-state index in [1.54, 1.807) is 49.7 Å². The van der Waals surface area contributed by atoms with E-state index in [0.717, 1.165) is 39.3 Å². The van der Waals surface area contributed by atoms with Gasteiger partial charge in [-0.15, -0.1) is 0 Å². The summed E-state index contributed by atoms with van der Waals surface area (Å²) >= 11 is 12.2. The van der Waals surface area contributed by atoms with Gasteiger partial charge in [-0.25, -0.2) is 5.43 Å². The number of halogens is 2. The Hall–Kier alpha value is -5.30. The van der Waals surface area contributed by atoms with Crippen LogP contribution in [0, 0.1) is 0 Å². The van der Waals surface area contributed by atoms with E-state index < -0.39 is 0 Å². The van der Waals surface area contributed by atoms with Crippen LogP contribution >= 0.6 is 23.2 Å². The van der Waals surface area contributed by atoms with Crippen molar-refractivity contribution in [2.24, 2.45) is 5.10 Å². The SMILES string of the molecule is COc1cc(C=NNC(=O)c2ccc(-n3c(-c4ccccc4)ccc3-c3ccccc3)cc2)ccc1OCc1ccc(Cl)cc1Cl. The summed E-state index contributed by atoms with van der Waals surface area (Å²) in [6.45, 7) is 0.250. The first kappa shape index (κ1) is 30.7. The number of carbonyl (C=O) groups is 1. The lowest BCUT2D eigenvalue weighted by atomic mass is 10.1. The molecule has 228 valence electrons. The van der Waals surface area contributed by atoms with E-state index in [-0.39, 0.29) is 12.5 Å². The molecule has 1 heterocycles. The van der Waals surface area contributed by atoms with Crippen molar-refractivity contribution < 1.29 is 14.3 Å². The second-order valence-corrected chi connectivity index (χ2v) is 11.2. The van der Waals surface area contributed by atoms with Crippen molar-refractivity contribution in [2.75, 3.05) is 7.11 Å². The van der Waals surface area contributed by atoms with Crippen LogP contribution in [0.4, 0.5) is 0 Å². The first-order chi connectivity index (χ1) is 22.5. The summed E-state index contributed by atoms with van der Waals surface area (Å²) in [6, 6.07) is 42.8. The molecule has 0 saturated heterocycles. The van der Waals surface area contributed by atoms with Gasteiger partial charge < -0.3 is 14.0 Å². The number of nitrogens with one attached hydrogen (secondary N) is 1. The Kier molecular flexibility index (Phi) is 9.48. The molecule has 6 aromatic rings. The van der Waals surface area contributed by atoms with Crippen molar-refractivity contribution in [2.45, 2.75) is 6.61 Å². The molecule has 0 bridgehead atoms. The molecular formula is C38H29Cl2N3O3. The number of ether oxygens (including phenoxy) is 2. The van der Waals surface area contributed by atoms with Crippen molar-refractivity contribution >= 4 is 35.3 Å². The lowest BCUT2D eigenvalue weighted by Crippen LogP contribution is -2.17. The lowest BCUT2D eigenvalue weighted by molar-refractivity contribution is 0.0955. The predicted octanol–water partition coefficient (Wildman–Crippen LogP) is 9.47. The van der Waals surface area contributed by atoms with E-state index in [1.165, 1.54) is 0 Å². The first-order valence-electron chi connectivity index (χ1n) is 14.5. The highest BCUT2D eigenvalue weighted by atomic mass is 35.5. The number of hydrogen-bond donors (Lipinski definition) is 1. The van der Waals surface area contributed by atoms with Gasteiger partial charge in [0.2, 0.25) is 0 Å². The van der Waals surface area contributed by atoms with E-state index in [9.17, 15) is 4.79 Å². The van der Waals surface area contributed by atoms with Crippen LogP contribution in [-0.4, -0.2) is 23.8 Å². The van der Waals surface area contributed by atoms with Gasteiger partial charge in [-0.05, 0) is 83.4 Å². The van der Waals surface area contributed by atoms with Crippen LogP contribution < -0.4 is 14.9 Å². The summed E-state index contributed by atoms with van der Waals surface area (Å²) in [5.41, 5.74) is 9.87. The molecule has 1 aromatic heterocycles. The molecule has 0 fully saturated rings. The number of carbonyl (C=O) groups excluding carboxylic acids is 1. The van der Waals surface area contributed by atoms with Crippen LogP contribution in [0.1, 0.15) is 21.5 Å². The molecule has 1 N–H and O–H groups in total. The normalized spacial score (nSPS) is 11.0. The largest absolute Gasteiger partial charge is 0.493 e. The molecule has 5 aromatic carbocycles. The number of benzene rings is 5. The highest BCUT2D eigenvalue weighted by Gasteiger charge is 2.14. The number of rotatable bonds is 10. The molecule has 46 heavy (non-hydrogen) atoms. The molecule has 0 spiro atoms. The standard InChI is InChI=1S/C38H29Cl2N3O3/c1-45-37-22-26(12-21-36(37)46-25-30-13-16-31(39)23-33(30)40)24-41-42-38(44)29-14-17-32(18-15-29)43-34(27-8-4-2-5-9-27)19-20-35(43)28-10-6-3-7-11-28/h2-24H,25H2,1H3,(H,42,44). The van der Waals surface area contributed by atoms with Gasteiger partial charge in [0.1, 0.15) is 6.61 Å². The zero-order valence-corrected chi connectivity index (χ0v) is 26.4. The highest BCUT2D eigenvalue weighted by Crippen LogP contribution is 2.33. The Balaban J connectivity index is 1.15. The van der Waals surface area contributed by atoms with Gasteiger partial charge in [-0.1, -0.05) is 89.9 Å². The minimum atomic E-state index is -0.325. The lowest BCUT2D eigenvalue weighted by Gasteiger charge is -2.15. The molecule has 0 aliphatic rings. The maximum absolute atomic E-state index is 13.0. The second kappa shape index (κ2) is 14.2. The van der Waals surface area contributed by atoms with E-state index in [4.69, 9.17) is 32.7 Å². The smallest absolute Gasteiger partial charge is 0.271 e. The van der Waals surface area contributed by atoms with Gasteiger partial charge in [0, 0.05) is 26.9 Å². The zero-order chi connectivity index (χ0) is 31.9. The molecular weight excluding hydrogens is 617 g/mol.